The molecule has 39 heavy (non-hydrogen) atoms. The summed E-state index contributed by atoms with van der Waals surface area (Å²) in [6.45, 7) is 3.93. The molecule has 0 radical (unpaired) electrons. The molecule has 5 rings (SSSR count). The van der Waals surface area contributed by atoms with Crippen molar-refractivity contribution in [1.29, 1.82) is 0 Å². The first-order valence-electron chi connectivity index (χ1n) is 12.0. The van der Waals surface area contributed by atoms with Crippen LogP contribution in [0.3, 0.4) is 0 Å². The van der Waals surface area contributed by atoms with E-state index in [0.717, 1.165) is 30.1 Å². The molecule has 0 saturated carbocycles. The third kappa shape index (κ3) is 4.80. The molecule has 15 heteroatoms. The Balaban J connectivity index is 1.32. The van der Waals surface area contributed by atoms with Gasteiger partial charge < -0.3 is 25.0 Å². The van der Waals surface area contributed by atoms with Crippen LogP contribution in [-0.2, 0) is 23.9 Å². The number of halogens is 3. The van der Waals surface area contributed by atoms with E-state index >= 15 is 0 Å². The Morgan fingerprint density at radius 3 is 2.51 bits per heavy atom. The van der Waals surface area contributed by atoms with E-state index in [2.05, 4.69) is 42.9 Å². The molecule has 2 atom stereocenters. The minimum Gasteiger partial charge on any atom is -0.436 e. The van der Waals surface area contributed by atoms with Gasteiger partial charge in [-0.25, -0.2) is 19.9 Å². The molecular formula is C24H25F3N8O3S. The Kier molecular flexibility index (Phi) is 6.53. The van der Waals surface area contributed by atoms with Crippen molar-refractivity contribution in [3.63, 3.8) is 0 Å². The van der Waals surface area contributed by atoms with Crippen LogP contribution in [-0.4, -0.2) is 60.0 Å². The predicted octanol–water partition coefficient (Wildman–Crippen LogP) is 3.21. The molecule has 2 aliphatic heterocycles. The molecule has 2 N–H and O–H groups in total. The number of pyridine rings is 1. The van der Waals surface area contributed by atoms with Gasteiger partial charge in [0.2, 0.25) is 17.7 Å². The maximum absolute atomic E-state index is 13.4. The molecule has 0 fully saturated rings. The zero-order valence-electron chi connectivity index (χ0n) is 21.2. The Hall–Kier alpha value is -3.72. The number of alkyl halides is 3. The molecule has 3 aromatic rings. The highest BCUT2D eigenvalue weighted by Gasteiger charge is 2.57. The average Bonchev–Trinajstić information content (AvgIpc) is 2.89. The zero-order chi connectivity index (χ0) is 28.2. The molecule has 0 unspecified atom stereocenters. The number of aliphatic hydroxyl groups is 1. The van der Waals surface area contributed by atoms with E-state index in [4.69, 9.17) is 4.74 Å². The summed E-state index contributed by atoms with van der Waals surface area (Å²) >= 11 is 4.33. The highest BCUT2D eigenvalue weighted by atomic mass is 32.1. The largest absolute Gasteiger partial charge is 0.451 e. The number of nitrogens with one attached hydrogen (secondary N) is 1. The molecule has 0 spiro atoms. The van der Waals surface area contributed by atoms with Crippen molar-refractivity contribution in [3.8, 4) is 11.6 Å². The van der Waals surface area contributed by atoms with E-state index in [-0.39, 0.29) is 17.5 Å². The van der Waals surface area contributed by atoms with Crippen LogP contribution < -0.4 is 19.9 Å². The molecule has 2 aliphatic rings. The standard InChI is InChI=1S/C24H25F3N8O3S/c1-22(23(2,37)39)20(36)35-8-4-5-15-17(35)18(34(22)3)33-21(32-15)31-10-13-6-7-16(28-9-13)38-14-11-29-19(30-12-14)24(25,26)27/h6-7,9,11-12,37,39H,4-5,8,10H2,1-3H3,(H,31,32,33)/t22-,23+/m1/s1. The van der Waals surface area contributed by atoms with E-state index in [1.54, 1.807) is 35.9 Å². The second-order valence-electron chi connectivity index (χ2n) is 9.58. The summed E-state index contributed by atoms with van der Waals surface area (Å²) in [6, 6.07) is 3.29. The number of rotatable bonds is 6. The molecule has 5 heterocycles. The molecule has 0 aromatic carbocycles. The number of carbonyl (C=O) groups is 1. The fourth-order valence-electron chi connectivity index (χ4n) is 4.50. The summed E-state index contributed by atoms with van der Waals surface area (Å²) in [7, 11) is 1.70. The lowest BCUT2D eigenvalue weighted by atomic mass is 9.87. The minimum atomic E-state index is -4.64. The first-order valence-corrected chi connectivity index (χ1v) is 12.4. The Bertz CT molecular complexity index is 1400. The van der Waals surface area contributed by atoms with Crippen LogP contribution in [0.15, 0.2) is 30.7 Å². The van der Waals surface area contributed by atoms with Gasteiger partial charge in [-0.15, -0.1) is 12.6 Å². The predicted molar refractivity (Wildman–Crippen MR) is 138 cm³/mol. The van der Waals surface area contributed by atoms with Crippen LogP contribution in [0.4, 0.5) is 30.6 Å². The third-order valence-electron chi connectivity index (χ3n) is 6.93. The van der Waals surface area contributed by atoms with Crippen LogP contribution in [0.25, 0.3) is 0 Å². The second-order valence-corrected chi connectivity index (χ2v) is 10.4. The number of thiol groups is 1. The summed E-state index contributed by atoms with van der Waals surface area (Å²) < 4.78 is 43.3. The fraction of sp³-hybridized carbons (Fsp3) is 0.417. The topological polar surface area (TPSA) is 129 Å². The Morgan fingerprint density at radius 2 is 1.90 bits per heavy atom. The number of aryl methyl sites for hydroxylation is 1. The van der Waals surface area contributed by atoms with E-state index in [1.807, 2.05) is 0 Å². The monoisotopic (exact) mass is 562 g/mol. The van der Waals surface area contributed by atoms with Gasteiger partial charge in [0.25, 0.3) is 5.91 Å². The fourth-order valence-corrected chi connectivity index (χ4v) is 4.75. The first-order chi connectivity index (χ1) is 18.3. The van der Waals surface area contributed by atoms with Crippen molar-refractivity contribution in [3.05, 3.63) is 47.8 Å². The molecule has 3 aromatic heterocycles. The van der Waals surface area contributed by atoms with Crippen molar-refractivity contribution in [2.24, 2.45) is 0 Å². The minimum absolute atomic E-state index is 0.0154. The average molecular weight is 563 g/mol. The number of nitrogens with zero attached hydrogens (tertiary/aromatic N) is 7. The normalized spacial score (nSPS) is 20.4. The third-order valence-corrected chi connectivity index (χ3v) is 7.36. The summed E-state index contributed by atoms with van der Waals surface area (Å²) in [5, 5.41) is 14.0. The van der Waals surface area contributed by atoms with Gasteiger partial charge in [-0.05, 0) is 32.3 Å². The smallest absolute Gasteiger partial charge is 0.436 e. The van der Waals surface area contributed by atoms with Crippen LogP contribution in [0.5, 0.6) is 11.6 Å². The number of hydrogen-bond donors (Lipinski definition) is 3. The maximum Gasteiger partial charge on any atom is 0.451 e. The molecule has 0 aliphatic carbocycles. The van der Waals surface area contributed by atoms with Crippen LogP contribution in [0.1, 0.15) is 37.4 Å². The summed E-state index contributed by atoms with van der Waals surface area (Å²) in [4.78, 5) is 35.0. The summed E-state index contributed by atoms with van der Waals surface area (Å²) in [5.74, 6) is -0.495. The maximum atomic E-state index is 13.4. The molecule has 206 valence electrons. The van der Waals surface area contributed by atoms with Crippen LogP contribution in [0, 0.1) is 0 Å². The molecule has 0 saturated heterocycles. The molecule has 0 bridgehead atoms. The Labute approximate surface area is 226 Å². The summed E-state index contributed by atoms with van der Waals surface area (Å²) in [6.07, 6.45) is 0.151. The van der Waals surface area contributed by atoms with Crippen molar-refractivity contribution in [2.45, 2.75) is 49.9 Å². The number of ether oxygens (including phenoxy) is 1. The number of amides is 1. The van der Waals surface area contributed by atoms with Gasteiger partial charge in [0.05, 0.1) is 18.1 Å². The van der Waals surface area contributed by atoms with E-state index in [0.29, 0.717) is 37.0 Å². The van der Waals surface area contributed by atoms with Crippen LogP contribution >= 0.6 is 12.6 Å². The summed E-state index contributed by atoms with van der Waals surface area (Å²) in [5.41, 5.74) is 0.774. The lowest BCUT2D eigenvalue weighted by Gasteiger charge is -2.52. The SMILES string of the molecule is CN1c2nc(NCc3ccc(Oc4cnc(C(F)(F)F)nc4)nc3)nc3c2N(CCC3)C(=O)[C@]1(C)[C@@](C)(O)S. The van der Waals surface area contributed by atoms with Gasteiger partial charge >= 0.3 is 6.18 Å². The van der Waals surface area contributed by atoms with Gasteiger partial charge in [-0.1, -0.05) is 6.07 Å². The van der Waals surface area contributed by atoms with Gasteiger partial charge in [-0.2, -0.15) is 18.2 Å². The first kappa shape index (κ1) is 26.9. The van der Waals surface area contributed by atoms with E-state index in [9.17, 15) is 23.1 Å². The quantitative estimate of drug-likeness (QED) is 0.304. The van der Waals surface area contributed by atoms with Crippen molar-refractivity contribution in [2.75, 3.05) is 28.7 Å². The number of likely N-dealkylation sites (N-methyl/N-ethyl adjacent to an activating group) is 1. The highest BCUT2D eigenvalue weighted by Crippen LogP contribution is 2.47. The van der Waals surface area contributed by atoms with Gasteiger partial charge in [0, 0.05) is 32.4 Å². The van der Waals surface area contributed by atoms with Gasteiger partial charge in [0.15, 0.2) is 17.1 Å². The lowest BCUT2D eigenvalue weighted by Crippen LogP contribution is -2.70. The van der Waals surface area contributed by atoms with Gasteiger partial charge in [-0.3, -0.25) is 4.79 Å². The lowest BCUT2D eigenvalue weighted by molar-refractivity contribution is -0.145. The van der Waals surface area contributed by atoms with Gasteiger partial charge in [0.1, 0.15) is 10.6 Å². The molecular weight excluding hydrogens is 537 g/mol. The van der Waals surface area contributed by atoms with E-state index < -0.39 is 22.5 Å². The number of aromatic nitrogens is 5. The second kappa shape index (κ2) is 9.48. The molecule has 1 amide bonds. The van der Waals surface area contributed by atoms with Crippen LogP contribution in [0.2, 0.25) is 0 Å². The number of carbonyl (C=O) groups excluding carboxylic acids is 1. The van der Waals surface area contributed by atoms with Crippen molar-refractivity contribution >= 4 is 36.0 Å². The van der Waals surface area contributed by atoms with Crippen molar-refractivity contribution in [1.82, 2.24) is 24.9 Å². The van der Waals surface area contributed by atoms with Crippen molar-refractivity contribution < 1.29 is 27.8 Å². The zero-order valence-corrected chi connectivity index (χ0v) is 22.1. The number of anilines is 3. The van der Waals surface area contributed by atoms with E-state index in [1.165, 1.54) is 13.1 Å². The number of hydrogen-bond acceptors (Lipinski definition) is 11. The Morgan fingerprint density at radius 1 is 1.18 bits per heavy atom. The highest BCUT2D eigenvalue weighted by molar-refractivity contribution is 7.81. The molecule has 11 nitrogen and oxygen atoms in total.